The first-order chi connectivity index (χ1) is 9.76. The van der Waals surface area contributed by atoms with E-state index in [2.05, 4.69) is 24.1 Å². The van der Waals surface area contributed by atoms with Gasteiger partial charge in [-0.05, 0) is 25.1 Å². The van der Waals surface area contributed by atoms with Crippen LogP contribution >= 0.6 is 0 Å². The molecule has 1 unspecified atom stereocenters. The molecule has 0 spiro atoms. The van der Waals surface area contributed by atoms with Crippen LogP contribution in [0, 0.1) is 0 Å². The van der Waals surface area contributed by atoms with Gasteiger partial charge in [0.15, 0.2) is 0 Å². The van der Waals surface area contributed by atoms with E-state index in [1.165, 1.54) is 0 Å². The number of hydrogen-bond donors (Lipinski definition) is 2. The third kappa shape index (κ3) is 7.43. The molecule has 2 N–H and O–H groups in total. The van der Waals surface area contributed by atoms with E-state index >= 15 is 0 Å². The van der Waals surface area contributed by atoms with E-state index in [1.54, 1.807) is 6.20 Å². The Labute approximate surface area is 121 Å². The Kier molecular flexibility index (Phi) is 8.95. The summed E-state index contributed by atoms with van der Waals surface area (Å²) in [4.78, 5) is 4.28. The molecule has 5 nitrogen and oxygen atoms in total. The van der Waals surface area contributed by atoms with Crippen LogP contribution in [-0.4, -0.2) is 42.6 Å². The topological polar surface area (TPSA) is 63.6 Å². The fraction of sp³-hybridized carbons (Fsp3) is 0.667. The molecule has 1 aromatic heterocycles. The van der Waals surface area contributed by atoms with Gasteiger partial charge in [-0.25, -0.2) is 0 Å². The third-order valence-corrected chi connectivity index (χ3v) is 2.75. The van der Waals surface area contributed by atoms with E-state index in [4.69, 9.17) is 9.47 Å². The zero-order valence-corrected chi connectivity index (χ0v) is 12.5. The Morgan fingerprint density at radius 3 is 2.80 bits per heavy atom. The fourth-order valence-corrected chi connectivity index (χ4v) is 1.56. The smallest absolute Gasteiger partial charge is 0.137 e. The maximum atomic E-state index is 9.70. The Hall–Kier alpha value is -1.17. The van der Waals surface area contributed by atoms with E-state index in [9.17, 15) is 5.11 Å². The molecule has 0 aliphatic heterocycles. The number of aliphatic hydroxyl groups is 1. The first-order valence-electron chi connectivity index (χ1n) is 7.30. The molecule has 114 valence electrons. The molecule has 1 rings (SSSR count). The molecule has 1 aromatic rings. The number of ether oxygens (including phenoxy) is 2. The molecule has 20 heavy (non-hydrogen) atoms. The summed E-state index contributed by atoms with van der Waals surface area (Å²) in [7, 11) is 0. The Balaban J connectivity index is 2.20. The third-order valence-electron chi connectivity index (χ3n) is 2.75. The van der Waals surface area contributed by atoms with Crippen molar-refractivity contribution in [2.45, 2.75) is 39.3 Å². The summed E-state index contributed by atoms with van der Waals surface area (Å²) in [6.07, 6.45) is 3.19. The van der Waals surface area contributed by atoms with Crippen molar-refractivity contribution in [1.82, 2.24) is 10.3 Å². The molecular weight excluding hydrogens is 256 g/mol. The van der Waals surface area contributed by atoms with Crippen LogP contribution in [-0.2, 0) is 11.3 Å². The number of nitrogens with zero attached hydrogens (tertiary/aromatic N) is 1. The maximum absolute atomic E-state index is 9.70. The van der Waals surface area contributed by atoms with Gasteiger partial charge >= 0.3 is 0 Å². The van der Waals surface area contributed by atoms with Gasteiger partial charge in [0.05, 0.1) is 18.5 Å². The average Bonchev–Trinajstić information content (AvgIpc) is 2.48. The summed E-state index contributed by atoms with van der Waals surface area (Å²) in [6, 6.07) is 3.78. The summed E-state index contributed by atoms with van der Waals surface area (Å²) in [5, 5.41) is 12.9. The molecule has 0 amide bonds. The highest BCUT2D eigenvalue weighted by molar-refractivity contribution is 5.19. The van der Waals surface area contributed by atoms with Crippen LogP contribution in [0.5, 0.6) is 5.75 Å². The molecule has 0 aliphatic carbocycles. The molecule has 0 radical (unpaired) electrons. The highest BCUT2D eigenvalue weighted by Gasteiger charge is 2.05. The minimum atomic E-state index is -0.603. The second-order valence-corrected chi connectivity index (χ2v) is 4.66. The lowest BCUT2D eigenvalue weighted by Gasteiger charge is -2.12. The first kappa shape index (κ1) is 16.9. The summed E-state index contributed by atoms with van der Waals surface area (Å²) >= 11 is 0. The van der Waals surface area contributed by atoms with Crippen molar-refractivity contribution >= 4 is 0 Å². The van der Waals surface area contributed by atoms with Gasteiger partial charge in [-0.3, -0.25) is 4.98 Å². The minimum Gasteiger partial charge on any atom is -0.489 e. The van der Waals surface area contributed by atoms with Crippen molar-refractivity contribution in [3.63, 3.8) is 0 Å². The molecule has 0 aromatic carbocycles. The van der Waals surface area contributed by atoms with Crippen molar-refractivity contribution in [2.75, 3.05) is 26.4 Å². The van der Waals surface area contributed by atoms with Crippen LogP contribution in [0.15, 0.2) is 18.3 Å². The van der Waals surface area contributed by atoms with E-state index in [0.717, 1.165) is 31.6 Å². The molecule has 1 atom stereocenters. The number of aromatic nitrogens is 1. The van der Waals surface area contributed by atoms with Gasteiger partial charge in [-0.15, -0.1) is 0 Å². The largest absolute Gasteiger partial charge is 0.489 e. The standard InChI is InChI=1S/C15H26N2O3/c1-3-5-8-19-11-14(18)12-20-15-7-6-13(17-10-15)9-16-4-2/h6-7,10,14,16,18H,3-5,8-9,11-12H2,1-2H3. The van der Waals surface area contributed by atoms with Crippen LogP contribution in [0.1, 0.15) is 32.4 Å². The lowest BCUT2D eigenvalue weighted by Crippen LogP contribution is -2.23. The summed E-state index contributed by atoms with van der Waals surface area (Å²) in [6.45, 7) is 7.06. The molecule has 1 heterocycles. The molecule has 0 fully saturated rings. The molecule has 0 saturated heterocycles. The number of unbranched alkanes of at least 4 members (excludes halogenated alkanes) is 1. The van der Waals surface area contributed by atoms with Crippen LogP contribution < -0.4 is 10.1 Å². The summed E-state index contributed by atoms with van der Waals surface area (Å²) < 4.78 is 10.8. The highest BCUT2D eigenvalue weighted by atomic mass is 16.5. The number of rotatable bonds is 11. The predicted octanol–water partition coefficient (Wildman–Crippen LogP) is 1.75. The van der Waals surface area contributed by atoms with Gasteiger partial charge in [0.25, 0.3) is 0 Å². The zero-order chi connectivity index (χ0) is 14.6. The summed E-state index contributed by atoms with van der Waals surface area (Å²) in [5.41, 5.74) is 0.975. The van der Waals surface area contributed by atoms with E-state index in [-0.39, 0.29) is 6.61 Å². The van der Waals surface area contributed by atoms with Crippen LogP contribution in [0.4, 0.5) is 0 Å². The highest BCUT2D eigenvalue weighted by Crippen LogP contribution is 2.09. The number of nitrogens with one attached hydrogen (secondary N) is 1. The van der Waals surface area contributed by atoms with Crippen molar-refractivity contribution in [2.24, 2.45) is 0 Å². The first-order valence-corrected chi connectivity index (χ1v) is 7.30. The van der Waals surface area contributed by atoms with Crippen LogP contribution in [0.25, 0.3) is 0 Å². The van der Waals surface area contributed by atoms with Gasteiger partial charge in [-0.2, -0.15) is 0 Å². The predicted molar refractivity (Wildman–Crippen MR) is 78.8 cm³/mol. The van der Waals surface area contributed by atoms with Crippen LogP contribution in [0.3, 0.4) is 0 Å². The maximum Gasteiger partial charge on any atom is 0.137 e. The molecule has 0 aliphatic rings. The van der Waals surface area contributed by atoms with Gasteiger partial charge in [0.2, 0.25) is 0 Å². The minimum absolute atomic E-state index is 0.223. The van der Waals surface area contributed by atoms with Gasteiger partial charge in [-0.1, -0.05) is 20.3 Å². The quantitative estimate of drug-likeness (QED) is 0.605. The second-order valence-electron chi connectivity index (χ2n) is 4.66. The number of aliphatic hydroxyl groups excluding tert-OH is 1. The van der Waals surface area contributed by atoms with E-state index in [1.807, 2.05) is 12.1 Å². The molecular formula is C15H26N2O3. The lowest BCUT2D eigenvalue weighted by molar-refractivity contribution is 0.0112. The second kappa shape index (κ2) is 10.6. The molecule has 0 bridgehead atoms. The average molecular weight is 282 g/mol. The fourth-order valence-electron chi connectivity index (χ4n) is 1.56. The van der Waals surface area contributed by atoms with Crippen molar-refractivity contribution in [3.05, 3.63) is 24.0 Å². The van der Waals surface area contributed by atoms with Gasteiger partial charge in [0, 0.05) is 13.2 Å². The normalized spacial score (nSPS) is 12.3. The molecule has 5 heteroatoms. The molecule has 0 saturated carbocycles. The monoisotopic (exact) mass is 282 g/mol. The van der Waals surface area contributed by atoms with Crippen LogP contribution in [0.2, 0.25) is 0 Å². The SMILES string of the molecule is CCCCOCC(O)COc1ccc(CNCC)nc1. The van der Waals surface area contributed by atoms with E-state index < -0.39 is 6.10 Å². The summed E-state index contributed by atoms with van der Waals surface area (Å²) in [5.74, 6) is 0.665. The zero-order valence-electron chi connectivity index (χ0n) is 12.5. The van der Waals surface area contributed by atoms with Gasteiger partial charge in [0.1, 0.15) is 18.5 Å². The van der Waals surface area contributed by atoms with Crippen molar-refractivity contribution < 1.29 is 14.6 Å². The van der Waals surface area contributed by atoms with Crippen molar-refractivity contribution in [1.29, 1.82) is 0 Å². The van der Waals surface area contributed by atoms with Crippen molar-refractivity contribution in [3.8, 4) is 5.75 Å². The number of hydrogen-bond acceptors (Lipinski definition) is 5. The van der Waals surface area contributed by atoms with Gasteiger partial charge < -0.3 is 19.9 Å². The lowest BCUT2D eigenvalue weighted by atomic mass is 10.3. The Morgan fingerprint density at radius 2 is 2.15 bits per heavy atom. The van der Waals surface area contributed by atoms with E-state index in [0.29, 0.717) is 19.0 Å². The Bertz CT molecular complexity index is 343. The number of pyridine rings is 1. The Morgan fingerprint density at radius 1 is 1.30 bits per heavy atom.